The maximum Gasteiger partial charge on any atom is 0.252 e. The molecule has 1 aliphatic rings. The number of thiophene rings is 1. The van der Waals surface area contributed by atoms with Crippen LogP contribution in [0.1, 0.15) is 42.6 Å². The molecule has 0 saturated heterocycles. The lowest BCUT2D eigenvalue weighted by Gasteiger charge is -2.13. The molecule has 1 aromatic carbocycles. The van der Waals surface area contributed by atoms with Gasteiger partial charge in [0.1, 0.15) is 17.6 Å². The van der Waals surface area contributed by atoms with Crippen molar-refractivity contribution in [2.45, 2.75) is 39.2 Å². The highest BCUT2D eigenvalue weighted by Crippen LogP contribution is 2.38. The zero-order valence-electron chi connectivity index (χ0n) is 15.5. The minimum Gasteiger partial charge on any atom is -0.492 e. The molecule has 0 spiro atoms. The summed E-state index contributed by atoms with van der Waals surface area (Å²) >= 11 is 1.48. The van der Waals surface area contributed by atoms with E-state index in [0.29, 0.717) is 43.0 Å². The minimum absolute atomic E-state index is 0.111. The summed E-state index contributed by atoms with van der Waals surface area (Å²) < 4.78 is 11.4. The van der Waals surface area contributed by atoms with Crippen LogP contribution in [0.4, 0.5) is 5.69 Å². The van der Waals surface area contributed by atoms with Crippen molar-refractivity contribution in [3.63, 3.8) is 0 Å². The molecule has 1 aromatic heterocycles. The number of anilines is 1. The summed E-state index contributed by atoms with van der Waals surface area (Å²) in [5.74, 6) is 1.23. The van der Waals surface area contributed by atoms with Crippen LogP contribution < -0.4 is 20.1 Å². The molecule has 1 unspecified atom stereocenters. The lowest BCUT2D eigenvalue weighted by molar-refractivity contribution is -0.116. The second-order valence-electron chi connectivity index (χ2n) is 6.44. The van der Waals surface area contributed by atoms with Gasteiger partial charge in [0.15, 0.2) is 0 Å². The Morgan fingerprint density at radius 3 is 2.96 bits per heavy atom. The third kappa shape index (κ3) is 5.01. The molecule has 7 heteroatoms. The molecule has 3 rings (SSSR count). The van der Waals surface area contributed by atoms with E-state index in [1.165, 1.54) is 11.3 Å². The predicted octanol–water partition coefficient (Wildman–Crippen LogP) is 3.62. The predicted molar refractivity (Wildman–Crippen MR) is 106 cm³/mol. The largest absolute Gasteiger partial charge is 0.492 e. The van der Waals surface area contributed by atoms with Crippen LogP contribution in [0.15, 0.2) is 29.0 Å². The molecule has 0 radical (unpaired) electrons. The van der Waals surface area contributed by atoms with Crippen molar-refractivity contribution >= 4 is 28.8 Å². The summed E-state index contributed by atoms with van der Waals surface area (Å²) in [7, 11) is 0. The number of rotatable bonds is 8. The first-order valence-corrected chi connectivity index (χ1v) is 10.1. The van der Waals surface area contributed by atoms with Crippen molar-refractivity contribution in [1.82, 2.24) is 5.32 Å². The van der Waals surface area contributed by atoms with Gasteiger partial charge in [0, 0.05) is 42.0 Å². The van der Waals surface area contributed by atoms with E-state index >= 15 is 0 Å². The monoisotopic (exact) mass is 388 g/mol. The van der Waals surface area contributed by atoms with E-state index in [-0.39, 0.29) is 17.9 Å². The summed E-state index contributed by atoms with van der Waals surface area (Å²) in [6, 6.07) is 5.55. The highest BCUT2D eigenvalue weighted by atomic mass is 32.1. The Labute approximate surface area is 162 Å². The van der Waals surface area contributed by atoms with Crippen LogP contribution in [-0.2, 0) is 11.2 Å². The van der Waals surface area contributed by atoms with E-state index in [1.54, 1.807) is 11.4 Å². The van der Waals surface area contributed by atoms with Crippen molar-refractivity contribution in [2.75, 3.05) is 18.5 Å². The zero-order valence-corrected chi connectivity index (χ0v) is 16.4. The third-order valence-corrected chi connectivity index (χ3v) is 4.90. The van der Waals surface area contributed by atoms with Gasteiger partial charge in [0.25, 0.3) is 5.91 Å². The molecule has 1 aliphatic heterocycles. The van der Waals surface area contributed by atoms with E-state index < -0.39 is 0 Å². The van der Waals surface area contributed by atoms with Gasteiger partial charge in [-0.2, -0.15) is 11.3 Å². The molecule has 0 bridgehead atoms. The summed E-state index contributed by atoms with van der Waals surface area (Å²) in [6.07, 6.45) is 1.84. The van der Waals surface area contributed by atoms with Crippen LogP contribution in [0.3, 0.4) is 0 Å². The van der Waals surface area contributed by atoms with Gasteiger partial charge in [-0.1, -0.05) is 0 Å². The number of ether oxygens (including phenoxy) is 2. The van der Waals surface area contributed by atoms with Crippen LogP contribution in [0, 0.1) is 0 Å². The Morgan fingerprint density at radius 2 is 2.22 bits per heavy atom. The van der Waals surface area contributed by atoms with E-state index in [4.69, 9.17) is 9.47 Å². The van der Waals surface area contributed by atoms with E-state index in [2.05, 4.69) is 10.6 Å². The highest BCUT2D eigenvalue weighted by molar-refractivity contribution is 7.08. The standard InChI is InChI=1S/C20H24N2O4S/c1-3-25-18-10-15-9-13(2)26-17(15)11-16(18)22-19(23)5-4-7-21-20(24)14-6-8-27-12-14/h6,8,10-13H,3-5,7,9H2,1-2H3,(H,21,24)(H,22,23). The molecule has 2 amide bonds. The topological polar surface area (TPSA) is 76.7 Å². The lowest BCUT2D eigenvalue weighted by atomic mass is 10.1. The first kappa shape index (κ1) is 19.2. The third-order valence-electron chi connectivity index (χ3n) is 4.22. The Bertz CT molecular complexity index is 805. The number of amides is 2. The quantitative estimate of drug-likeness (QED) is 0.677. The summed E-state index contributed by atoms with van der Waals surface area (Å²) in [6.45, 7) is 4.90. The molecule has 2 N–H and O–H groups in total. The Balaban J connectivity index is 1.51. The molecule has 6 nitrogen and oxygen atoms in total. The lowest BCUT2D eigenvalue weighted by Crippen LogP contribution is -2.25. The van der Waals surface area contributed by atoms with Gasteiger partial charge >= 0.3 is 0 Å². The summed E-state index contributed by atoms with van der Waals surface area (Å²) in [5.41, 5.74) is 2.37. The van der Waals surface area contributed by atoms with E-state index in [1.807, 2.05) is 31.4 Å². The van der Waals surface area contributed by atoms with Gasteiger partial charge in [0.2, 0.25) is 5.91 Å². The molecular weight excluding hydrogens is 364 g/mol. The number of nitrogens with one attached hydrogen (secondary N) is 2. The molecule has 2 heterocycles. The van der Waals surface area contributed by atoms with Gasteiger partial charge in [-0.05, 0) is 37.8 Å². The van der Waals surface area contributed by atoms with Gasteiger partial charge in [0.05, 0.1) is 12.3 Å². The van der Waals surface area contributed by atoms with E-state index in [9.17, 15) is 9.59 Å². The molecule has 2 aromatic rings. The number of fused-ring (bicyclic) bond motifs is 1. The van der Waals surface area contributed by atoms with Gasteiger partial charge in [-0.25, -0.2) is 0 Å². The van der Waals surface area contributed by atoms with Gasteiger partial charge < -0.3 is 20.1 Å². The normalized spacial score (nSPS) is 15.0. The first-order chi connectivity index (χ1) is 13.1. The molecule has 144 valence electrons. The average molecular weight is 388 g/mol. The van der Waals surface area contributed by atoms with Crippen LogP contribution in [0.2, 0.25) is 0 Å². The Kier molecular flexibility index (Phi) is 6.34. The summed E-state index contributed by atoms with van der Waals surface area (Å²) in [5, 5.41) is 9.38. The Morgan fingerprint density at radius 1 is 1.37 bits per heavy atom. The molecule has 27 heavy (non-hydrogen) atoms. The fraction of sp³-hybridized carbons (Fsp3) is 0.400. The zero-order chi connectivity index (χ0) is 19.2. The summed E-state index contributed by atoms with van der Waals surface area (Å²) in [4.78, 5) is 24.1. The molecule has 0 saturated carbocycles. The van der Waals surface area contributed by atoms with Gasteiger partial charge in [-0.3, -0.25) is 9.59 Å². The fourth-order valence-electron chi connectivity index (χ4n) is 2.97. The second-order valence-corrected chi connectivity index (χ2v) is 7.22. The molecule has 0 aliphatic carbocycles. The Hall–Kier alpha value is -2.54. The van der Waals surface area contributed by atoms with Crippen LogP contribution in [-0.4, -0.2) is 31.1 Å². The maximum absolute atomic E-state index is 12.3. The van der Waals surface area contributed by atoms with Crippen molar-refractivity contribution < 1.29 is 19.1 Å². The van der Waals surface area contributed by atoms with Crippen LogP contribution in [0.25, 0.3) is 0 Å². The molecular formula is C20H24N2O4S. The second kappa shape index (κ2) is 8.90. The number of hydrogen-bond donors (Lipinski definition) is 2. The van der Waals surface area contributed by atoms with Crippen LogP contribution in [0.5, 0.6) is 11.5 Å². The fourth-order valence-corrected chi connectivity index (χ4v) is 3.61. The van der Waals surface area contributed by atoms with E-state index in [0.717, 1.165) is 17.7 Å². The minimum atomic E-state index is -0.119. The average Bonchev–Trinajstić information content (AvgIpc) is 3.28. The van der Waals surface area contributed by atoms with Crippen molar-refractivity contribution in [3.8, 4) is 11.5 Å². The number of carbonyl (C=O) groups is 2. The number of carbonyl (C=O) groups excluding carboxylic acids is 2. The first-order valence-electron chi connectivity index (χ1n) is 9.13. The number of hydrogen-bond acceptors (Lipinski definition) is 5. The molecule has 0 fully saturated rings. The SMILES string of the molecule is CCOc1cc2c(cc1NC(=O)CCCNC(=O)c1ccsc1)OC(C)C2. The van der Waals surface area contributed by atoms with Gasteiger partial charge in [-0.15, -0.1) is 0 Å². The maximum atomic E-state index is 12.3. The molecule has 1 atom stereocenters. The van der Waals surface area contributed by atoms with Crippen molar-refractivity contribution in [3.05, 3.63) is 40.1 Å². The van der Waals surface area contributed by atoms with Crippen molar-refractivity contribution in [1.29, 1.82) is 0 Å². The van der Waals surface area contributed by atoms with Crippen LogP contribution >= 0.6 is 11.3 Å². The number of benzene rings is 1. The highest BCUT2D eigenvalue weighted by Gasteiger charge is 2.22. The smallest absolute Gasteiger partial charge is 0.252 e. The van der Waals surface area contributed by atoms with Crippen molar-refractivity contribution in [2.24, 2.45) is 0 Å².